The van der Waals surface area contributed by atoms with Gasteiger partial charge in [-0.05, 0) is 36.8 Å². The van der Waals surface area contributed by atoms with Crippen molar-refractivity contribution in [1.29, 1.82) is 5.26 Å². The van der Waals surface area contributed by atoms with Gasteiger partial charge in [-0.2, -0.15) is 10.4 Å². The van der Waals surface area contributed by atoms with Crippen LogP contribution in [0.3, 0.4) is 0 Å². The van der Waals surface area contributed by atoms with Crippen LogP contribution >= 0.6 is 0 Å². The van der Waals surface area contributed by atoms with Crippen molar-refractivity contribution < 1.29 is 9.13 Å². The van der Waals surface area contributed by atoms with Gasteiger partial charge >= 0.3 is 0 Å². The molecule has 26 heavy (non-hydrogen) atoms. The third-order valence-corrected chi connectivity index (χ3v) is 3.60. The van der Waals surface area contributed by atoms with Crippen molar-refractivity contribution in [3.63, 3.8) is 0 Å². The van der Waals surface area contributed by atoms with E-state index in [1.807, 2.05) is 25.1 Å². The molecular formula is C19H16FN5O. The molecule has 0 saturated carbocycles. The third-order valence-electron chi connectivity index (χ3n) is 3.60. The molecule has 0 aliphatic heterocycles. The number of nitrogen functional groups attached to an aromatic ring is 1. The van der Waals surface area contributed by atoms with Crippen molar-refractivity contribution >= 4 is 12.2 Å². The average molecular weight is 349 g/mol. The zero-order valence-corrected chi connectivity index (χ0v) is 14.1. The van der Waals surface area contributed by atoms with Gasteiger partial charge in [0.05, 0.1) is 29.7 Å². The monoisotopic (exact) mass is 349 g/mol. The molecule has 2 aromatic carbocycles. The Bertz CT molecular complexity index is 1000. The number of nitrogens with zero attached hydrogens (tertiary/aromatic N) is 4. The number of benzene rings is 2. The van der Waals surface area contributed by atoms with E-state index < -0.39 is 5.82 Å². The number of hydrogen-bond acceptors (Lipinski definition) is 5. The molecule has 1 aromatic heterocycles. The van der Waals surface area contributed by atoms with E-state index in [1.54, 1.807) is 36.7 Å². The molecule has 2 N–H and O–H groups in total. The van der Waals surface area contributed by atoms with E-state index in [0.29, 0.717) is 17.3 Å². The van der Waals surface area contributed by atoms with E-state index in [2.05, 4.69) is 10.1 Å². The molecule has 7 heteroatoms. The second-order valence-electron chi connectivity index (χ2n) is 5.61. The predicted octanol–water partition coefficient (Wildman–Crippen LogP) is 3.25. The minimum absolute atomic E-state index is 0.0613. The zero-order valence-electron chi connectivity index (χ0n) is 14.1. The Morgan fingerprint density at radius 1 is 1.35 bits per heavy atom. The van der Waals surface area contributed by atoms with Gasteiger partial charge in [-0.25, -0.2) is 14.1 Å². The lowest BCUT2D eigenvalue weighted by Gasteiger charge is -2.08. The van der Waals surface area contributed by atoms with Crippen LogP contribution in [0.4, 0.5) is 10.3 Å². The number of aryl methyl sites for hydroxylation is 1. The van der Waals surface area contributed by atoms with E-state index in [0.717, 1.165) is 11.3 Å². The molecule has 0 unspecified atom stereocenters. The fourth-order valence-corrected chi connectivity index (χ4v) is 2.30. The Morgan fingerprint density at radius 3 is 2.88 bits per heavy atom. The maximum atomic E-state index is 13.9. The standard InChI is InChI=1S/C19H16FN5O/c1-13-11-25(19(22)24-13)23-10-15-3-2-4-17(7-15)26-12-16-6-5-14(9-21)8-18(16)20/h2-8,10-11H,12H2,1H3,(H2,22,24). The highest BCUT2D eigenvalue weighted by molar-refractivity contribution is 5.80. The summed E-state index contributed by atoms with van der Waals surface area (Å²) in [5, 5.41) is 13.0. The van der Waals surface area contributed by atoms with E-state index in [4.69, 9.17) is 15.7 Å². The van der Waals surface area contributed by atoms with E-state index in [9.17, 15) is 4.39 Å². The van der Waals surface area contributed by atoms with Crippen LogP contribution in [0.5, 0.6) is 5.75 Å². The number of nitriles is 1. The molecule has 130 valence electrons. The lowest BCUT2D eigenvalue weighted by atomic mass is 10.1. The summed E-state index contributed by atoms with van der Waals surface area (Å²) in [6, 6.07) is 13.4. The smallest absolute Gasteiger partial charge is 0.221 e. The van der Waals surface area contributed by atoms with Crippen molar-refractivity contribution in [3.8, 4) is 11.8 Å². The van der Waals surface area contributed by atoms with Crippen LogP contribution in [0, 0.1) is 24.1 Å². The van der Waals surface area contributed by atoms with Crippen molar-refractivity contribution in [2.45, 2.75) is 13.5 Å². The predicted molar refractivity (Wildman–Crippen MR) is 96.3 cm³/mol. The first-order valence-electron chi connectivity index (χ1n) is 7.82. The summed E-state index contributed by atoms with van der Waals surface area (Å²) in [6.45, 7) is 1.89. The van der Waals surface area contributed by atoms with E-state index in [1.165, 1.54) is 10.7 Å². The number of imidazole rings is 1. The Hall–Kier alpha value is -3.66. The molecule has 0 atom stereocenters. The van der Waals surface area contributed by atoms with E-state index in [-0.39, 0.29) is 12.2 Å². The molecule has 0 saturated heterocycles. The largest absolute Gasteiger partial charge is 0.489 e. The van der Waals surface area contributed by atoms with Crippen LogP contribution in [0.2, 0.25) is 0 Å². The second kappa shape index (κ2) is 7.49. The Labute approximate surface area is 150 Å². The summed E-state index contributed by atoms with van der Waals surface area (Å²) in [5.41, 5.74) is 7.97. The van der Waals surface area contributed by atoms with Crippen molar-refractivity contribution in [2.24, 2.45) is 5.10 Å². The summed E-state index contributed by atoms with van der Waals surface area (Å²) in [7, 11) is 0. The SMILES string of the molecule is Cc1cn(N=Cc2cccc(OCc3ccc(C#N)cc3F)c2)c(N)n1. The van der Waals surface area contributed by atoms with Crippen LogP contribution in [0.25, 0.3) is 0 Å². The number of hydrogen-bond donors (Lipinski definition) is 1. The highest BCUT2D eigenvalue weighted by Gasteiger charge is 2.05. The molecule has 0 aliphatic rings. The average Bonchev–Trinajstić information content (AvgIpc) is 2.96. The summed E-state index contributed by atoms with van der Waals surface area (Å²) in [5.74, 6) is 0.419. The molecule has 0 fully saturated rings. The number of anilines is 1. The maximum Gasteiger partial charge on any atom is 0.221 e. The van der Waals surface area contributed by atoms with Crippen LogP contribution in [-0.2, 0) is 6.61 Å². The molecule has 3 aromatic rings. The molecule has 6 nitrogen and oxygen atoms in total. The van der Waals surface area contributed by atoms with Gasteiger partial charge in [0.2, 0.25) is 5.95 Å². The normalized spacial score (nSPS) is 10.8. The summed E-state index contributed by atoms with van der Waals surface area (Å²) >= 11 is 0. The fourth-order valence-electron chi connectivity index (χ4n) is 2.30. The van der Waals surface area contributed by atoms with Gasteiger partial charge < -0.3 is 10.5 Å². The van der Waals surface area contributed by atoms with Crippen LogP contribution in [0.1, 0.15) is 22.4 Å². The van der Waals surface area contributed by atoms with Gasteiger partial charge in [-0.15, -0.1) is 0 Å². The van der Waals surface area contributed by atoms with Gasteiger partial charge in [0.1, 0.15) is 18.2 Å². The molecule has 3 rings (SSSR count). The zero-order chi connectivity index (χ0) is 18.5. The maximum absolute atomic E-state index is 13.9. The number of aromatic nitrogens is 2. The molecule has 0 bridgehead atoms. The third kappa shape index (κ3) is 4.05. The second-order valence-corrected chi connectivity index (χ2v) is 5.61. The first-order chi connectivity index (χ1) is 12.5. The summed E-state index contributed by atoms with van der Waals surface area (Å²) in [6.07, 6.45) is 3.35. The van der Waals surface area contributed by atoms with Crippen molar-refractivity contribution in [1.82, 2.24) is 9.66 Å². The number of ether oxygens (including phenoxy) is 1. The first kappa shape index (κ1) is 17.2. The van der Waals surface area contributed by atoms with Gasteiger partial charge in [0, 0.05) is 5.56 Å². The quantitative estimate of drug-likeness (QED) is 0.716. The van der Waals surface area contributed by atoms with Crippen molar-refractivity contribution in [2.75, 3.05) is 5.73 Å². The fraction of sp³-hybridized carbons (Fsp3) is 0.105. The summed E-state index contributed by atoms with van der Waals surface area (Å²) in [4.78, 5) is 4.07. The van der Waals surface area contributed by atoms with Gasteiger partial charge in [-0.3, -0.25) is 0 Å². The lowest BCUT2D eigenvalue weighted by molar-refractivity contribution is 0.300. The number of nitrogens with two attached hydrogens (primary N) is 1. The molecule has 0 amide bonds. The highest BCUT2D eigenvalue weighted by atomic mass is 19.1. The molecule has 1 heterocycles. The van der Waals surface area contributed by atoms with Crippen LogP contribution in [-0.4, -0.2) is 15.9 Å². The highest BCUT2D eigenvalue weighted by Crippen LogP contribution is 2.17. The Morgan fingerprint density at radius 2 is 2.19 bits per heavy atom. The van der Waals surface area contributed by atoms with Gasteiger partial charge in [-0.1, -0.05) is 18.2 Å². The molecule has 0 aliphatic carbocycles. The minimum Gasteiger partial charge on any atom is -0.489 e. The molecule has 0 radical (unpaired) electrons. The van der Waals surface area contributed by atoms with Gasteiger partial charge in [0.25, 0.3) is 0 Å². The minimum atomic E-state index is -0.465. The topological polar surface area (TPSA) is 89.2 Å². The van der Waals surface area contributed by atoms with Crippen LogP contribution < -0.4 is 10.5 Å². The Kier molecular flexibility index (Phi) is 4.94. The molecular weight excluding hydrogens is 333 g/mol. The van der Waals surface area contributed by atoms with Gasteiger partial charge in [0.15, 0.2) is 0 Å². The van der Waals surface area contributed by atoms with Crippen molar-refractivity contribution in [3.05, 3.63) is 76.9 Å². The Balaban J connectivity index is 1.70. The summed E-state index contributed by atoms with van der Waals surface area (Å²) < 4.78 is 21.0. The van der Waals surface area contributed by atoms with Crippen LogP contribution in [0.15, 0.2) is 53.8 Å². The van der Waals surface area contributed by atoms with E-state index >= 15 is 0 Å². The lowest BCUT2D eigenvalue weighted by Crippen LogP contribution is -2.00. The number of halogens is 1. The first-order valence-corrected chi connectivity index (χ1v) is 7.82. The molecule has 0 spiro atoms. The number of rotatable bonds is 5.